The second kappa shape index (κ2) is 13.6. The molecule has 33 heavy (non-hydrogen) atoms. The average molecular weight is 560 g/mol. The number of para-hydroxylation sites is 1. The van der Waals surface area contributed by atoms with E-state index in [1.807, 2.05) is 61.0 Å². The second-order valence-electron chi connectivity index (χ2n) is 7.57. The second-order valence-corrected chi connectivity index (χ2v) is 7.57. The van der Waals surface area contributed by atoms with Gasteiger partial charge in [0, 0.05) is 30.9 Å². The Morgan fingerprint density at radius 3 is 2.36 bits per heavy atom. The van der Waals surface area contributed by atoms with Crippen LogP contribution < -0.4 is 16.0 Å². The molecule has 0 radical (unpaired) electrons. The number of carbonyl (C=O) groups is 1. The van der Waals surface area contributed by atoms with E-state index in [0.717, 1.165) is 41.6 Å². The summed E-state index contributed by atoms with van der Waals surface area (Å²) in [4.78, 5) is 16.9. The molecule has 8 heteroatoms. The molecule has 3 N–H and O–H groups in total. The van der Waals surface area contributed by atoms with Crippen molar-refractivity contribution in [2.45, 2.75) is 33.7 Å². The van der Waals surface area contributed by atoms with Crippen LogP contribution in [-0.2, 0) is 6.54 Å². The van der Waals surface area contributed by atoms with Gasteiger partial charge >= 0.3 is 0 Å². The smallest absolute Gasteiger partial charge is 0.251 e. The van der Waals surface area contributed by atoms with Gasteiger partial charge in [0.25, 0.3) is 5.91 Å². The number of amides is 1. The number of benzene rings is 2. The Balaban J connectivity index is 0.00000385. The lowest BCUT2D eigenvalue weighted by atomic mass is 10.2. The first-order valence-corrected chi connectivity index (χ1v) is 11.1. The van der Waals surface area contributed by atoms with Gasteiger partial charge in [-0.1, -0.05) is 36.4 Å². The number of hydrogen-bond donors (Lipinski definition) is 3. The van der Waals surface area contributed by atoms with Crippen molar-refractivity contribution in [3.8, 4) is 5.69 Å². The van der Waals surface area contributed by atoms with E-state index in [9.17, 15) is 4.79 Å². The number of aliphatic imine (C=N–C) groups is 1. The molecular formula is C25H33IN6O. The molecule has 0 aliphatic carbocycles. The van der Waals surface area contributed by atoms with E-state index < -0.39 is 0 Å². The van der Waals surface area contributed by atoms with E-state index in [1.165, 1.54) is 0 Å². The number of nitrogens with zero attached hydrogens (tertiary/aromatic N) is 3. The van der Waals surface area contributed by atoms with E-state index in [4.69, 9.17) is 4.99 Å². The molecule has 7 nitrogen and oxygen atoms in total. The first-order chi connectivity index (χ1) is 15.6. The Hall–Kier alpha value is -2.88. The summed E-state index contributed by atoms with van der Waals surface area (Å²) in [5.41, 5.74) is 4.92. The van der Waals surface area contributed by atoms with Crippen LogP contribution >= 0.6 is 24.0 Å². The van der Waals surface area contributed by atoms with Gasteiger partial charge in [-0.3, -0.25) is 4.79 Å². The van der Waals surface area contributed by atoms with Crippen LogP contribution in [0.1, 0.15) is 40.7 Å². The maximum Gasteiger partial charge on any atom is 0.251 e. The molecule has 0 aliphatic heterocycles. The Kier molecular flexibility index (Phi) is 10.9. The Morgan fingerprint density at radius 1 is 0.970 bits per heavy atom. The van der Waals surface area contributed by atoms with Gasteiger partial charge in [-0.15, -0.1) is 24.0 Å². The van der Waals surface area contributed by atoms with Crippen molar-refractivity contribution >= 4 is 35.8 Å². The summed E-state index contributed by atoms with van der Waals surface area (Å²) >= 11 is 0. The van der Waals surface area contributed by atoms with Crippen LogP contribution in [0.3, 0.4) is 0 Å². The fraction of sp³-hybridized carbons (Fsp3) is 0.320. The van der Waals surface area contributed by atoms with Gasteiger partial charge in [-0.25, -0.2) is 9.67 Å². The van der Waals surface area contributed by atoms with Crippen molar-refractivity contribution in [2.75, 3.05) is 19.6 Å². The SMILES string of the molecule is CCNC(=NCc1ccccc1-n1nc(C)cc1C)NCCCNC(=O)c1ccccc1.I. The third-order valence-corrected chi connectivity index (χ3v) is 4.95. The largest absolute Gasteiger partial charge is 0.357 e. The standard InChI is InChI=1S/C25H32N6O.HI/c1-4-26-25(28-16-10-15-27-24(32)21-11-6-5-7-12-21)29-18-22-13-8-9-14-23(22)31-20(3)17-19(2)30-31;/h5-9,11-14,17H,4,10,15-16,18H2,1-3H3,(H,27,32)(H2,26,28,29);1H. The summed E-state index contributed by atoms with van der Waals surface area (Å²) in [5, 5.41) is 14.2. The monoisotopic (exact) mass is 560 g/mol. The molecule has 1 heterocycles. The van der Waals surface area contributed by atoms with Crippen molar-refractivity contribution in [2.24, 2.45) is 4.99 Å². The molecule has 0 unspecified atom stereocenters. The van der Waals surface area contributed by atoms with Crippen LogP contribution in [0.5, 0.6) is 0 Å². The first-order valence-electron chi connectivity index (χ1n) is 11.1. The number of nitrogens with one attached hydrogen (secondary N) is 3. The third-order valence-electron chi connectivity index (χ3n) is 4.95. The summed E-state index contributed by atoms with van der Waals surface area (Å²) in [6, 6.07) is 19.5. The molecular weight excluding hydrogens is 527 g/mol. The van der Waals surface area contributed by atoms with Crippen molar-refractivity contribution < 1.29 is 4.79 Å². The Bertz CT molecular complexity index is 1050. The Labute approximate surface area is 213 Å². The zero-order valence-corrected chi connectivity index (χ0v) is 21.8. The number of hydrogen-bond acceptors (Lipinski definition) is 3. The number of carbonyl (C=O) groups excluding carboxylic acids is 1. The highest BCUT2D eigenvalue weighted by molar-refractivity contribution is 14.0. The molecule has 176 valence electrons. The van der Waals surface area contributed by atoms with E-state index in [1.54, 1.807) is 0 Å². The van der Waals surface area contributed by atoms with Crippen LogP contribution in [0.25, 0.3) is 5.69 Å². The Morgan fingerprint density at radius 2 is 1.67 bits per heavy atom. The highest BCUT2D eigenvalue weighted by Crippen LogP contribution is 2.17. The van der Waals surface area contributed by atoms with Gasteiger partial charge in [0.2, 0.25) is 0 Å². The zero-order valence-electron chi connectivity index (χ0n) is 19.5. The molecule has 1 aromatic heterocycles. The lowest BCUT2D eigenvalue weighted by molar-refractivity contribution is 0.0953. The van der Waals surface area contributed by atoms with Gasteiger partial charge in [0.05, 0.1) is 17.9 Å². The highest BCUT2D eigenvalue weighted by atomic mass is 127. The topological polar surface area (TPSA) is 83.3 Å². The molecule has 3 rings (SSSR count). The average Bonchev–Trinajstić information content (AvgIpc) is 3.15. The van der Waals surface area contributed by atoms with Crippen molar-refractivity contribution in [1.29, 1.82) is 0 Å². The molecule has 3 aromatic rings. The molecule has 0 atom stereocenters. The first kappa shape index (κ1) is 26.4. The number of guanidine groups is 1. The zero-order chi connectivity index (χ0) is 22.8. The molecule has 2 aromatic carbocycles. The van der Waals surface area contributed by atoms with E-state index in [2.05, 4.69) is 46.2 Å². The minimum absolute atomic E-state index is 0. The summed E-state index contributed by atoms with van der Waals surface area (Å²) in [5.74, 6) is 0.706. The fourth-order valence-electron chi connectivity index (χ4n) is 3.42. The molecule has 0 saturated heterocycles. The number of halogens is 1. The summed E-state index contributed by atoms with van der Waals surface area (Å²) in [6.45, 7) is 8.72. The molecule has 1 amide bonds. The van der Waals surface area contributed by atoms with Crippen molar-refractivity contribution in [3.63, 3.8) is 0 Å². The third kappa shape index (κ3) is 7.88. The maximum atomic E-state index is 12.1. The van der Waals surface area contributed by atoms with Crippen LogP contribution in [0.15, 0.2) is 65.7 Å². The molecule has 0 spiro atoms. The predicted octanol–water partition coefficient (Wildman–Crippen LogP) is 3.98. The van der Waals surface area contributed by atoms with Gasteiger partial charge < -0.3 is 16.0 Å². The molecule has 0 aliphatic rings. The molecule has 0 fully saturated rings. The quantitative estimate of drug-likeness (QED) is 0.160. The van der Waals surface area contributed by atoms with E-state index in [-0.39, 0.29) is 29.9 Å². The summed E-state index contributed by atoms with van der Waals surface area (Å²) in [6.07, 6.45) is 0.797. The van der Waals surface area contributed by atoms with Crippen molar-refractivity contribution in [3.05, 3.63) is 83.2 Å². The lowest BCUT2D eigenvalue weighted by Crippen LogP contribution is -2.38. The van der Waals surface area contributed by atoms with Gasteiger partial charge in [0.15, 0.2) is 5.96 Å². The molecule has 0 saturated carbocycles. The maximum absolute atomic E-state index is 12.1. The van der Waals surface area contributed by atoms with Crippen molar-refractivity contribution in [1.82, 2.24) is 25.7 Å². The van der Waals surface area contributed by atoms with Crippen LogP contribution in [0.4, 0.5) is 0 Å². The van der Waals surface area contributed by atoms with Gasteiger partial charge in [-0.2, -0.15) is 5.10 Å². The minimum Gasteiger partial charge on any atom is -0.357 e. The summed E-state index contributed by atoms with van der Waals surface area (Å²) in [7, 11) is 0. The normalized spacial score (nSPS) is 10.9. The lowest BCUT2D eigenvalue weighted by Gasteiger charge is -2.13. The van der Waals surface area contributed by atoms with Gasteiger partial charge in [0.1, 0.15) is 0 Å². The van der Waals surface area contributed by atoms with Gasteiger partial charge in [-0.05, 0) is 57.0 Å². The number of rotatable bonds is 9. The molecule has 0 bridgehead atoms. The van der Waals surface area contributed by atoms with Crippen LogP contribution in [0.2, 0.25) is 0 Å². The highest BCUT2D eigenvalue weighted by Gasteiger charge is 2.09. The van der Waals surface area contributed by atoms with E-state index in [0.29, 0.717) is 25.2 Å². The number of aromatic nitrogens is 2. The predicted molar refractivity (Wildman–Crippen MR) is 145 cm³/mol. The minimum atomic E-state index is -0.0491. The van der Waals surface area contributed by atoms with Crippen LogP contribution in [0, 0.1) is 13.8 Å². The van der Waals surface area contributed by atoms with E-state index >= 15 is 0 Å². The number of aryl methyl sites for hydroxylation is 2. The summed E-state index contributed by atoms with van der Waals surface area (Å²) < 4.78 is 1.97. The van der Waals surface area contributed by atoms with Crippen LogP contribution in [-0.4, -0.2) is 41.3 Å². The fourth-order valence-corrected chi connectivity index (χ4v) is 3.42.